The number of Topliss-reactive ketones (excluding diaryl/α,β-unsaturated/α-hetero) is 1. The van der Waals surface area contributed by atoms with E-state index in [0.717, 1.165) is 48.4 Å². The van der Waals surface area contributed by atoms with E-state index < -0.39 is 0 Å². The minimum Gasteiger partial charge on any atom is -0.454 e. The van der Waals surface area contributed by atoms with E-state index in [9.17, 15) is 4.79 Å². The van der Waals surface area contributed by atoms with Crippen molar-refractivity contribution in [2.24, 2.45) is 0 Å². The summed E-state index contributed by atoms with van der Waals surface area (Å²) in [6.45, 7) is 0.276. The van der Waals surface area contributed by atoms with Crippen LogP contribution in [0.15, 0.2) is 30.0 Å². The molecule has 0 amide bonds. The van der Waals surface area contributed by atoms with Gasteiger partial charge in [-0.05, 0) is 31.4 Å². The number of nitrogens with one attached hydrogen (secondary N) is 1. The molecule has 4 heteroatoms. The van der Waals surface area contributed by atoms with Gasteiger partial charge in [-0.25, -0.2) is 0 Å². The zero-order valence-corrected chi connectivity index (χ0v) is 10.8. The summed E-state index contributed by atoms with van der Waals surface area (Å²) in [7, 11) is 0. The highest BCUT2D eigenvalue weighted by Crippen LogP contribution is 2.34. The predicted octanol–water partition coefficient (Wildman–Crippen LogP) is 3.24. The second-order valence-electron chi connectivity index (χ2n) is 4.87. The molecule has 1 N–H and O–H groups in total. The smallest absolute Gasteiger partial charge is 0.231 e. The molecule has 3 rings (SSSR count). The standard InChI is InChI=1S/C15H17NO3/c17-13-5-3-1-2-4-11(13)9-16-12-6-7-14-15(8-12)19-10-18-14/h6-9,16H,1-5,10H2. The van der Waals surface area contributed by atoms with E-state index in [2.05, 4.69) is 5.32 Å². The van der Waals surface area contributed by atoms with E-state index in [-0.39, 0.29) is 12.6 Å². The summed E-state index contributed by atoms with van der Waals surface area (Å²) in [6.07, 6.45) is 6.64. The molecule has 1 aromatic carbocycles. The number of fused-ring (bicyclic) bond motifs is 1. The van der Waals surface area contributed by atoms with E-state index in [1.54, 1.807) is 0 Å². The van der Waals surface area contributed by atoms with Crippen LogP contribution >= 0.6 is 0 Å². The number of ketones is 1. The molecular formula is C15H17NO3. The van der Waals surface area contributed by atoms with Crippen molar-refractivity contribution in [3.63, 3.8) is 0 Å². The predicted molar refractivity (Wildman–Crippen MR) is 72.4 cm³/mol. The average molecular weight is 259 g/mol. The normalized spacial score (nSPS) is 20.4. The van der Waals surface area contributed by atoms with Crippen LogP contribution in [0.4, 0.5) is 5.69 Å². The van der Waals surface area contributed by atoms with Gasteiger partial charge < -0.3 is 14.8 Å². The number of carbonyl (C=O) groups excluding carboxylic acids is 1. The van der Waals surface area contributed by atoms with Crippen LogP contribution in [0.25, 0.3) is 0 Å². The fraction of sp³-hybridized carbons (Fsp3) is 0.400. The highest BCUT2D eigenvalue weighted by Gasteiger charge is 2.14. The molecule has 19 heavy (non-hydrogen) atoms. The Morgan fingerprint density at radius 2 is 1.89 bits per heavy atom. The number of carbonyl (C=O) groups is 1. The van der Waals surface area contributed by atoms with Crippen LogP contribution in [0.1, 0.15) is 32.1 Å². The molecule has 0 atom stereocenters. The van der Waals surface area contributed by atoms with Crippen LogP contribution < -0.4 is 14.8 Å². The highest BCUT2D eigenvalue weighted by molar-refractivity contribution is 5.95. The van der Waals surface area contributed by atoms with Gasteiger partial charge >= 0.3 is 0 Å². The lowest BCUT2D eigenvalue weighted by molar-refractivity contribution is -0.115. The third-order valence-electron chi connectivity index (χ3n) is 3.49. The SMILES string of the molecule is O=C1CCCCCC1=CNc1ccc2c(c1)OCO2. The van der Waals surface area contributed by atoms with Gasteiger partial charge in [0.05, 0.1) is 0 Å². The van der Waals surface area contributed by atoms with Crippen molar-refractivity contribution in [3.05, 3.63) is 30.0 Å². The summed E-state index contributed by atoms with van der Waals surface area (Å²) < 4.78 is 10.6. The van der Waals surface area contributed by atoms with E-state index in [1.807, 2.05) is 24.4 Å². The Hall–Kier alpha value is -1.97. The molecule has 1 aliphatic carbocycles. The van der Waals surface area contributed by atoms with Crippen molar-refractivity contribution >= 4 is 11.5 Å². The molecule has 0 aromatic heterocycles. The molecule has 0 unspecified atom stereocenters. The average Bonchev–Trinajstić information content (AvgIpc) is 2.79. The summed E-state index contributed by atoms with van der Waals surface area (Å²) in [5.74, 6) is 1.78. The van der Waals surface area contributed by atoms with Crippen molar-refractivity contribution in [2.45, 2.75) is 32.1 Å². The van der Waals surface area contributed by atoms with Gasteiger partial charge in [-0.15, -0.1) is 0 Å². The Bertz CT molecular complexity index is 522. The van der Waals surface area contributed by atoms with E-state index in [0.29, 0.717) is 6.42 Å². The van der Waals surface area contributed by atoms with Gasteiger partial charge in [0.25, 0.3) is 0 Å². The van der Waals surface area contributed by atoms with Crippen LogP contribution in [0, 0.1) is 0 Å². The van der Waals surface area contributed by atoms with E-state index in [1.165, 1.54) is 0 Å². The molecular weight excluding hydrogens is 242 g/mol. The monoisotopic (exact) mass is 259 g/mol. The Balaban J connectivity index is 1.72. The van der Waals surface area contributed by atoms with Gasteiger partial charge in [-0.2, -0.15) is 0 Å². The number of rotatable bonds is 2. The van der Waals surface area contributed by atoms with Crippen molar-refractivity contribution < 1.29 is 14.3 Å². The minimum absolute atomic E-state index is 0.269. The lowest BCUT2D eigenvalue weighted by Gasteiger charge is -2.05. The Morgan fingerprint density at radius 3 is 2.84 bits per heavy atom. The van der Waals surface area contributed by atoms with Crippen LogP contribution in [-0.4, -0.2) is 12.6 Å². The second-order valence-corrected chi connectivity index (χ2v) is 4.87. The molecule has 4 nitrogen and oxygen atoms in total. The van der Waals surface area contributed by atoms with Crippen molar-refractivity contribution in [1.82, 2.24) is 0 Å². The molecule has 1 aromatic rings. The molecule has 0 bridgehead atoms. The number of allylic oxidation sites excluding steroid dienone is 1. The fourth-order valence-corrected chi connectivity index (χ4v) is 2.39. The first-order chi connectivity index (χ1) is 9.33. The zero-order valence-electron chi connectivity index (χ0n) is 10.8. The van der Waals surface area contributed by atoms with Gasteiger partial charge in [0.15, 0.2) is 17.3 Å². The Kier molecular flexibility index (Phi) is 3.40. The molecule has 1 saturated carbocycles. The molecule has 100 valence electrons. The summed E-state index contributed by atoms with van der Waals surface area (Å²) in [6, 6.07) is 5.68. The van der Waals surface area contributed by atoms with Crippen molar-refractivity contribution in [2.75, 3.05) is 12.1 Å². The third kappa shape index (κ3) is 2.72. The van der Waals surface area contributed by atoms with E-state index in [4.69, 9.17) is 9.47 Å². The zero-order chi connectivity index (χ0) is 13.1. The highest BCUT2D eigenvalue weighted by atomic mass is 16.7. The molecule has 1 fully saturated rings. The molecule has 0 radical (unpaired) electrons. The van der Waals surface area contributed by atoms with Gasteiger partial charge in [0, 0.05) is 29.9 Å². The van der Waals surface area contributed by atoms with Crippen LogP contribution in [0.2, 0.25) is 0 Å². The number of hydrogen-bond acceptors (Lipinski definition) is 4. The maximum atomic E-state index is 11.9. The van der Waals surface area contributed by atoms with Gasteiger partial charge in [0.1, 0.15) is 0 Å². The minimum atomic E-state index is 0.269. The summed E-state index contributed by atoms with van der Waals surface area (Å²) in [5.41, 5.74) is 1.81. The molecule has 1 heterocycles. The molecule has 2 aliphatic rings. The van der Waals surface area contributed by atoms with Crippen LogP contribution in [0.3, 0.4) is 0 Å². The number of benzene rings is 1. The molecule has 0 saturated heterocycles. The number of hydrogen-bond donors (Lipinski definition) is 1. The first kappa shape index (κ1) is 12.1. The Morgan fingerprint density at radius 1 is 1.05 bits per heavy atom. The summed E-state index contributed by atoms with van der Waals surface area (Å²) >= 11 is 0. The third-order valence-corrected chi connectivity index (χ3v) is 3.49. The van der Waals surface area contributed by atoms with E-state index >= 15 is 0 Å². The van der Waals surface area contributed by atoms with Crippen molar-refractivity contribution in [3.8, 4) is 11.5 Å². The Labute approximate surface area is 112 Å². The maximum Gasteiger partial charge on any atom is 0.231 e. The van der Waals surface area contributed by atoms with Gasteiger partial charge in [0.2, 0.25) is 6.79 Å². The lowest BCUT2D eigenvalue weighted by Crippen LogP contribution is -2.02. The lowest BCUT2D eigenvalue weighted by atomic mass is 10.1. The van der Waals surface area contributed by atoms with Gasteiger partial charge in [-0.1, -0.05) is 6.42 Å². The van der Waals surface area contributed by atoms with Crippen LogP contribution in [-0.2, 0) is 4.79 Å². The molecule has 1 aliphatic heterocycles. The second kappa shape index (κ2) is 5.34. The number of anilines is 1. The number of ether oxygens (including phenoxy) is 2. The fourth-order valence-electron chi connectivity index (χ4n) is 2.39. The largest absolute Gasteiger partial charge is 0.454 e. The summed E-state index contributed by atoms with van der Waals surface area (Å²) in [5, 5.41) is 3.18. The van der Waals surface area contributed by atoms with Crippen LogP contribution in [0.5, 0.6) is 11.5 Å². The molecule has 0 spiro atoms. The first-order valence-electron chi connectivity index (χ1n) is 6.71. The summed E-state index contributed by atoms with van der Waals surface area (Å²) in [4.78, 5) is 11.9. The van der Waals surface area contributed by atoms with Crippen molar-refractivity contribution in [1.29, 1.82) is 0 Å². The quantitative estimate of drug-likeness (QED) is 0.654. The maximum absolute atomic E-state index is 11.9. The first-order valence-corrected chi connectivity index (χ1v) is 6.71. The van der Waals surface area contributed by atoms with Gasteiger partial charge in [-0.3, -0.25) is 4.79 Å². The topological polar surface area (TPSA) is 47.6 Å².